The van der Waals surface area contributed by atoms with Crippen molar-refractivity contribution in [3.05, 3.63) is 57.3 Å². The molecule has 6 heteroatoms. The first kappa shape index (κ1) is 11.9. The van der Waals surface area contributed by atoms with Gasteiger partial charge in [-0.15, -0.1) is 0 Å². The normalized spacial score (nSPS) is 11.0. The third-order valence-electron chi connectivity index (χ3n) is 2.98. The molecule has 0 bridgehead atoms. The van der Waals surface area contributed by atoms with Crippen molar-refractivity contribution in [3.63, 3.8) is 0 Å². The summed E-state index contributed by atoms with van der Waals surface area (Å²) in [6.07, 6.45) is 1.84. The fourth-order valence-corrected chi connectivity index (χ4v) is 2.31. The first-order valence-electron chi connectivity index (χ1n) is 5.85. The molecule has 0 unspecified atom stereocenters. The summed E-state index contributed by atoms with van der Waals surface area (Å²) >= 11 is 5.25. The minimum absolute atomic E-state index is 0.0926. The lowest BCUT2D eigenvalue weighted by Gasteiger charge is -2.06. The zero-order valence-electron chi connectivity index (χ0n) is 10.3. The summed E-state index contributed by atoms with van der Waals surface area (Å²) in [7, 11) is 1.84. The van der Waals surface area contributed by atoms with Gasteiger partial charge in [0.1, 0.15) is 0 Å². The molecule has 3 aromatic rings. The van der Waals surface area contributed by atoms with E-state index in [2.05, 4.69) is 10.1 Å². The molecular formula is C13H12N4OS. The van der Waals surface area contributed by atoms with Crippen molar-refractivity contribution in [3.8, 4) is 0 Å². The van der Waals surface area contributed by atoms with Gasteiger partial charge in [0.15, 0.2) is 4.77 Å². The van der Waals surface area contributed by atoms with Crippen molar-refractivity contribution in [1.82, 2.24) is 19.3 Å². The van der Waals surface area contributed by atoms with E-state index in [9.17, 15) is 4.79 Å². The number of hydrogen-bond donors (Lipinski definition) is 1. The Bertz CT molecular complexity index is 859. The van der Waals surface area contributed by atoms with Crippen LogP contribution in [0.25, 0.3) is 10.9 Å². The smallest absolute Gasteiger partial charge is 0.262 e. The van der Waals surface area contributed by atoms with Gasteiger partial charge in [-0.05, 0) is 30.4 Å². The van der Waals surface area contributed by atoms with Crippen molar-refractivity contribution in [2.45, 2.75) is 6.54 Å². The second-order valence-electron chi connectivity index (χ2n) is 4.35. The van der Waals surface area contributed by atoms with Gasteiger partial charge in [0.25, 0.3) is 5.56 Å². The van der Waals surface area contributed by atoms with Crippen LogP contribution in [0.3, 0.4) is 0 Å². The van der Waals surface area contributed by atoms with Crippen LogP contribution in [0.15, 0.2) is 41.3 Å². The number of nitrogens with one attached hydrogen (secondary N) is 1. The van der Waals surface area contributed by atoms with Gasteiger partial charge in [-0.1, -0.05) is 12.1 Å². The van der Waals surface area contributed by atoms with Crippen LogP contribution in [0.5, 0.6) is 0 Å². The molecule has 0 spiro atoms. The molecule has 0 aliphatic heterocycles. The summed E-state index contributed by atoms with van der Waals surface area (Å²) < 4.78 is 3.64. The van der Waals surface area contributed by atoms with Gasteiger partial charge in [0.2, 0.25) is 0 Å². The van der Waals surface area contributed by atoms with Crippen LogP contribution in [0.2, 0.25) is 0 Å². The molecule has 2 heterocycles. The van der Waals surface area contributed by atoms with Crippen LogP contribution in [0.1, 0.15) is 5.69 Å². The molecule has 19 heavy (non-hydrogen) atoms. The van der Waals surface area contributed by atoms with E-state index in [0.717, 1.165) is 11.2 Å². The van der Waals surface area contributed by atoms with Crippen molar-refractivity contribution in [1.29, 1.82) is 0 Å². The van der Waals surface area contributed by atoms with Gasteiger partial charge in [-0.25, -0.2) is 0 Å². The first-order chi connectivity index (χ1) is 9.15. The first-order valence-corrected chi connectivity index (χ1v) is 6.26. The fraction of sp³-hybridized carbons (Fsp3) is 0.154. The van der Waals surface area contributed by atoms with E-state index >= 15 is 0 Å². The summed E-state index contributed by atoms with van der Waals surface area (Å²) in [6, 6.07) is 9.22. The third-order valence-corrected chi connectivity index (χ3v) is 3.30. The monoisotopic (exact) mass is 272 g/mol. The SMILES string of the molecule is Cn1ccc(Cn2c(=S)[nH]c3ccccc3c2=O)n1. The van der Waals surface area contributed by atoms with E-state index in [1.807, 2.05) is 37.5 Å². The predicted octanol–water partition coefficient (Wildman–Crippen LogP) is 1.84. The third kappa shape index (κ3) is 2.10. The van der Waals surface area contributed by atoms with Crippen molar-refractivity contribution in [2.24, 2.45) is 7.05 Å². The zero-order chi connectivity index (χ0) is 13.4. The summed E-state index contributed by atoms with van der Waals surface area (Å²) in [5.41, 5.74) is 1.47. The van der Waals surface area contributed by atoms with Gasteiger partial charge in [-0.2, -0.15) is 5.10 Å². The molecule has 96 valence electrons. The van der Waals surface area contributed by atoms with Gasteiger partial charge >= 0.3 is 0 Å². The molecule has 0 saturated carbocycles. The van der Waals surface area contributed by atoms with Gasteiger partial charge in [-0.3, -0.25) is 14.0 Å². The predicted molar refractivity (Wildman–Crippen MR) is 75.7 cm³/mol. The maximum Gasteiger partial charge on any atom is 0.262 e. The molecule has 5 nitrogen and oxygen atoms in total. The molecule has 3 rings (SSSR count). The van der Waals surface area contributed by atoms with Crippen LogP contribution in [-0.2, 0) is 13.6 Å². The number of hydrogen-bond acceptors (Lipinski definition) is 3. The number of rotatable bonds is 2. The highest BCUT2D eigenvalue weighted by Crippen LogP contribution is 2.07. The quantitative estimate of drug-likeness (QED) is 0.724. The van der Waals surface area contributed by atoms with Crippen LogP contribution < -0.4 is 5.56 Å². The molecule has 0 amide bonds. The minimum Gasteiger partial charge on any atom is -0.332 e. The maximum absolute atomic E-state index is 12.4. The standard InChI is InChI=1S/C13H12N4OS/c1-16-7-6-9(15-16)8-17-12(18)10-4-2-3-5-11(10)14-13(17)19/h2-7H,8H2,1H3,(H,14,19). The lowest BCUT2D eigenvalue weighted by atomic mass is 10.2. The average Bonchev–Trinajstić information content (AvgIpc) is 2.80. The number of fused-ring (bicyclic) bond motifs is 1. The Kier molecular flexibility index (Phi) is 2.79. The van der Waals surface area contributed by atoms with Crippen LogP contribution >= 0.6 is 12.2 Å². The highest BCUT2D eigenvalue weighted by molar-refractivity contribution is 7.71. The Balaban J connectivity index is 2.18. The molecule has 2 aromatic heterocycles. The van der Waals surface area contributed by atoms with E-state index in [1.165, 1.54) is 4.57 Å². The molecular weight excluding hydrogens is 260 g/mol. The van der Waals surface area contributed by atoms with E-state index in [-0.39, 0.29) is 5.56 Å². The highest BCUT2D eigenvalue weighted by Gasteiger charge is 2.06. The van der Waals surface area contributed by atoms with E-state index in [4.69, 9.17) is 12.2 Å². The zero-order valence-corrected chi connectivity index (χ0v) is 11.1. The fourth-order valence-electron chi connectivity index (χ4n) is 2.05. The Labute approximate surface area is 114 Å². The highest BCUT2D eigenvalue weighted by atomic mass is 32.1. The number of para-hydroxylation sites is 1. The number of aromatic nitrogens is 4. The molecule has 0 fully saturated rings. The molecule has 0 radical (unpaired) electrons. The second-order valence-corrected chi connectivity index (χ2v) is 4.73. The Hall–Kier alpha value is -2.21. The van der Waals surface area contributed by atoms with Crippen LogP contribution in [-0.4, -0.2) is 19.3 Å². The van der Waals surface area contributed by atoms with Crippen molar-refractivity contribution >= 4 is 23.1 Å². The number of aromatic amines is 1. The van der Waals surface area contributed by atoms with Crippen LogP contribution in [0.4, 0.5) is 0 Å². The number of nitrogens with zero attached hydrogens (tertiary/aromatic N) is 3. The molecule has 0 aliphatic rings. The average molecular weight is 272 g/mol. The van der Waals surface area contributed by atoms with Crippen molar-refractivity contribution in [2.75, 3.05) is 0 Å². The maximum atomic E-state index is 12.4. The summed E-state index contributed by atoms with van der Waals surface area (Å²) in [4.78, 5) is 15.5. The topological polar surface area (TPSA) is 55.6 Å². The number of benzene rings is 1. The molecule has 0 saturated heterocycles. The molecule has 0 atom stereocenters. The van der Waals surface area contributed by atoms with Gasteiger partial charge in [0, 0.05) is 13.2 Å². The van der Waals surface area contributed by atoms with Crippen molar-refractivity contribution < 1.29 is 0 Å². The molecule has 0 aliphatic carbocycles. The van der Waals surface area contributed by atoms with E-state index < -0.39 is 0 Å². The van der Waals surface area contributed by atoms with Crippen LogP contribution in [0, 0.1) is 4.77 Å². The number of aryl methyl sites for hydroxylation is 1. The molecule has 1 N–H and O–H groups in total. The van der Waals surface area contributed by atoms with E-state index in [0.29, 0.717) is 16.7 Å². The Morgan fingerprint density at radius 1 is 1.32 bits per heavy atom. The lowest BCUT2D eigenvalue weighted by Crippen LogP contribution is -2.23. The van der Waals surface area contributed by atoms with E-state index in [1.54, 1.807) is 10.7 Å². The number of H-pyrrole nitrogens is 1. The van der Waals surface area contributed by atoms with Gasteiger partial charge in [0.05, 0.1) is 23.1 Å². The summed E-state index contributed by atoms with van der Waals surface area (Å²) in [5.74, 6) is 0. The minimum atomic E-state index is -0.0926. The lowest BCUT2D eigenvalue weighted by molar-refractivity contribution is 0.680. The second kappa shape index (κ2) is 4.47. The Morgan fingerprint density at radius 3 is 2.84 bits per heavy atom. The largest absolute Gasteiger partial charge is 0.332 e. The Morgan fingerprint density at radius 2 is 2.11 bits per heavy atom. The summed E-state index contributed by atoms with van der Waals surface area (Å²) in [5, 5.41) is 4.90. The summed E-state index contributed by atoms with van der Waals surface area (Å²) in [6.45, 7) is 0.375. The molecule has 1 aromatic carbocycles. The van der Waals surface area contributed by atoms with Gasteiger partial charge < -0.3 is 4.98 Å².